The second kappa shape index (κ2) is 3.59. The van der Waals surface area contributed by atoms with Crippen LogP contribution in [0.4, 0.5) is 26.3 Å². The van der Waals surface area contributed by atoms with Crippen LogP contribution in [0.15, 0.2) is 6.07 Å². The van der Waals surface area contributed by atoms with Gasteiger partial charge in [0.25, 0.3) is 0 Å². The summed E-state index contributed by atoms with van der Waals surface area (Å²) >= 11 is 0. The molecule has 0 aliphatic heterocycles. The van der Waals surface area contributed by atoms with E-state index in [9.17, 15) is 26.3 Å². The highest BCUT2D eigenvalue weighted by Gasteiger charge is 2.40. The number of aromatic amines is 1. The van der Waals surface area contributed by atoms with E-state index in [2.05, 4.69) is 15.2 Å². The molecular weight excluding hydrogens is 264 g/mol. The fraction of sp³-hybridized carbons (Fsp3) is 0.333. The van der Waals surface area contributed by atoms with Gasteiger partial charge in [-0.2, -0.15) is 31.4 Å². The van der Waals surface area contributed by atoms with E-state index in [1.165, 1.54) is 6.92 Å². The van der Waals surface area contributed by atoms with Gasteiger partial charge in [0.1, 0.15) is 5.69 Å². The number of halogens is 6. The highest BCUT2D eigenvalue weighted by atomic mass is 19.4. The van der Waals surface area contributed by atoms with Crippen LogP contribution < -0.4 is 0 Å². The first-order chi connectivity index (χ1) is 8.10. The Bertz CT molecular complexity index is 595. The SMILES string of the molecule is Cc1n[nH]c2nc(C(F)(F)F)cc(C(F)(F)F)c12. The van der Waals surface area contributed by atoms with Gasteiger partial charge in [-0.25, -0.2) is 4.98 Å². The lowest BCUT2D eigenvalue weighted by molar-refractivity contribution is -0.144. The maximum absolute atomic E-state index is 12.7. The number of aromatic nitrogens is 3. The van der Waals surface area contributed by atoms with Crippen LogP contribution in [-0.4, -0.2) is 15.2 Å². The molecule has 2 heterocycles. The molecule has 18 heavy (non-hydrogen) atoms. The quantitative estimate of drug-likeness (QED) is 0.745. The molecule has 0 aliphatic rings. The molecule has 0 bridgehead atoms. The summed E-state index contributed by atoms with van der Waals surface area (Å²) in [6.07, 6.45) is -9.86. The number of fused-ring (bicyclic) bond motifs is 1. The summed E-state index contributed by atoms with van der Waals surface area (Å²) < 4.78 is 75.4. The number of nitrogens with one attached hydrogen (secondary N) is 1. The molecule has 2 rings (SSSR count). The lowest BCUT2D eigenvalue weighted by atomic mass is 10.1. The Morgan fingerprint density at radius 1 is 1.06 bits per heavy atom. The van der Waals surface area contributed by atoms with Gasteiger partial charge < -0.3 is 0 Å². The largest absolute Gasteiger partial charge is 0.433 e. The number of aryl methyl sites for hydroxylation is 1. The minimum absolute atomic E-state index is 0.00907. The molecule has 98 valence electrons. The minimum Gasteiger partial charge on any atom is -0.261 e. The predicted molar refractivity (Wildman–Crippen MR) is 48.6 cm³/mol. The van der Waals surface area contributed by atoms with Crippen LogP contribution >= 0.6 is 0 Å². The van der Waals surface area contributed by atoms with Gasteiger partial charge in [0.05, 0.1) is 16.6 Å². The molecule has 2 aromatic heterocycles. The van der Waals surface area contributed by atoms with E-state index >= 15 is 0 Å². The fourth-order valence-electron chi connectivity index (χ4n) is 1.55. The molecular formula is C9H5F6N3. The average Bonchev–Trinajstić information content (AvgIpc) is 2.56. The van der Waals surface area contributed by atoms with E-state index in [1.54, 1.807) is 0 Å². The van der Waals surface area contributed by atoms with E-state index in [0.717, 1.165) is 0 Å². The first-order valence-corrected chi connectivity index (χ1v) is 4.61. The smallest absolute Gasteiger partial charge is 0.261 e. The van der Waals surface area contributed by atoms with Crippen LogP contribution in [0, 0.1) is 6.92 Å². The molecule has 0 atom stereocenters. The highest BCUT2D eigenvalue weighted by molar-refractivity contribution is 5.82. The maximum atomic E-state index is 12.7. The number of H-pyrrole nitrogens is 1. The molecule has 0 aromatic carbocycles. The minimum atomic E-state index is -4.95. The average molecular weight is 269 g/mol. The third-order valence-corrected chi connectivity index (χ3v) is 2.31. The topological polar surface area (TPSA) is 41.6 Å². The molecule has 0 spiro atoms. The molecule has 3 nitrogen and oxygen atoms in total. The first-order valence-electron chi connectivity index (χ1n) is 4.61. The van der Waals surface area contributed by atoms with Gasteiger partial charge in [-0.1, -0.05) is 0 Å². The predicted octanol–water partition coefficient (Wildman–Crippen LogP) is 3.30. The normalized spacial score (nSPS) is 13.3. The van der Waals surface area contributed by atoms with Crippen LogP contribution in [0.25, 0.3) is 11.0 Å². The molecule has 1 N–H and O–H groups in total. The molecule has 0 saturated heterocycles. The zero-order valence-electron chi connectivity index (χ0n) is 8.74. The van der Waals surface area contributed by atoms with Crippen molar-refractivity contribution in [3.63, 3.8) is 0 Å². The molecule has 2 aromatic rings. The molecule has 0 fully saturated rings. The Morgan fingerprint density at radius 2 is 1.67 bits per heavy atom. The third-order valence-electron chi connectivity index (χ3n) is 2.31. The Labute approximate surface area is 95.8 Å². The van der Waals surface area contributed by atoms with E-state index in [4.69, 9.17) is 0 Å². The molecule has 0 saturated carbocycles. The summed E-state index contributed by atoms with van der Waals surface area (Å²) in [5.74, 6) is 0. The molecule has 0 unspecified atom stereocenters. The van der Waals surface area contributed by atoms with Crippen molar-refractivity contribution in [2.45, 2.75) is 19.3 Å². The molecule has 0 amide bonds. The van der Waals surface area contributed by atoms with Gasteiger partial charge in [-0.05, 0) is 13.0 Å². The summed E-state index contributed by atoms with van der Waals surface area (Å²) in [6.45, 7) is 1.25. The molecule has 9 heteroatoms. The van der Waals surface area contributed by atoms with Gasteiger partial charge in [-0.3, -0.25) is 5.10 Å². The van der Waals surface area contributed by atoms with E-state index < -0.39 is 34.6 Å². The van der Waals surface area contributed by atoms with Gasteiger partial charge in [0.15, 0.2) is 5.65 Å². The lowest BCUT2D eigenvalue weighted by Crippen LogP contribution is -2.13. The number of alkyl halides is 6. The van der Waals surface area contributed by atoms with E-state index in [1.807, 2.05) is 0 Å². The van der Waals surface area contributed by atoms with Gasteiger partial charge in [0, 0.05) is 0 Å². The summed E-state index contributed by atoms with van der Waals surface area (Å²) in [7, 11) is 0. The van der Waals surface area contributed by atoms with Crippen molar-refractivity contribution >= 4 is 11.0 Å². The van der Waals surface area contributed by atoms with Crippen molar-refractivity contribution in [2.24, 2.45) is 0 Å². The number of nitrogens with zero attached hydrogens (tertiary/aromatic N) is 2. The van der Waals surface area contributed by atoms with E-state index in [0.29, 0.717) is 0 Å². The highest BCUT2D eigenvalue weighted by Crippen LogP contribution is 2.38. The van der Waals surface area contributed by atoms with Crippen LogP contribution in [0.1, 0.15) is 17.0 Å². The fourth-order valence-corrected chi connectivity index (χ4v) is 1.55. The Hall–Kier alpha value is -1.80. The van der Waals surface area contributed by atoms with Crippen LogP contribution in [0.2, 0.25) is 0 Å². The van der Waals surface area contributed by atoms with Crippen molar-refractivity contribution in [1.82, 2.24) is 15.2 Å². The zero-order valence-corrected chi connectivity index (χ0v) is 8.74. The first kappa shape index (κ1) is 12.7. The summed E-state index contributed by atoms with van der Waals surface area (Å²) in [5, 5.41) is 5.04. The number of pyridine rings is 1. The van der Waals surface area contributed by atoms with Crippen molar-refractivity contribution in [1.29, 1.82) is 0 Å². The Kier molecular flexibility index (Phi) is 2.53. The molecule has 0 aliphatic carbocycles. The summed E-state index contributed by atoms with van der Waals surface area (Å²) in [5.41, 5.74) is -3.59. The van der Waals surface area contributed by atoms with E-state index in [-0.39, 0.29) is 11.8 Å². The maximum Gasteiger partial charge on any atom is 0.433 e. The zero-order chi connectivity index (χ0) is 13.7. The van der Waals surface area contributed by atoms with Crippen LogP contribution in [0.5, 0.6) is 0 Å². The number of hydrogen-bond donors (Lipinski definition) is 1. The Balaban J connectivity index is 2.83. The second-order valence-corrected chi connectivity index (χ2v) is 3.58. The second-order valence-electron chi connectivity index (χ2n) is 3.58. The van der Waals surface area contributed by atoms with Crippen molar-refractivity contribution in [2.75, 3.05) is 0 Å². The number of hydrogen-bond acceptors (Lipinski definition) is 2. The van der Waals surface area contributed by atoms with Crippen molar-refractivity contribution < 1.29 is 26.3 Å². The van der Waals surface area contributed by atoms with Gasteiger partial charge >= 0.3 is 12.4 Å². The van der Waals surface area contributed by atoms with Crippen molar-refractivity contribution in [3.8, 4) is 0 Å². The monoisotopic (exact) mass is 269 g/mol. The van der Waals surface area contributed by atoms with Gasteiger partial charge in [-0.15, -0.1) is 0 Å². The third kappa shape index (κ3) is 2.00. The van der Waals surface area contributed by atoms with Gasteiger partial charge in [0.2, 0.25) is 0 Å². The van der Waals surface area contributed by atoms with Crippen LogP contribution in [-0.2, 0) is 12.4 Å². The summed E-state index contributed by atoms with van der Waals surface area (Å²) in [4.78, 5) is 3.10. The molecule has 0 radical (unpaired) electrons. The lowest BCUT2D eigenvalue weighted by Gasteiger charge is -2.11. The van der Waals surface area contributed by atoms with Crippen LogP contribution in [0.3, 0.4) is 0 Å². The Morgan fingerprint density at radius 3 is 2.17 bits per heavy atom. The standard InChI is InChI=1S/C9H5F6N3/c1-3-6-4(8(10,11)12)2-5(9(13,14)15)16-7(6)18-17-3/h2H,1H3,(H,16,17,18). The van der Waals surface area contributed by atoms with Crippen molar-refractivity contribution in [3.05, 3.63) is 23.0 Å². The number of rotatable bonds is 0. The summed E-state index contributed by atoms with van der Waals surface area (Å²) in [6, 6.07) is -0.00907.